The minimum Gasteiger partial charge on any atom is -0.342 e. The zero-order valence-electron chi connectivity index (χ0n) is 7.46. The summed E-state index contributed by atoms with van der Waals surface area (Å²) < 4.78 is 0. The first-order chi connectivity index (χ1) is 6.29. The van der Waals surface area contributed by atoms with Crippen LogP contribution in [0.15, 0.2) is 18.2 Å². The second-order valence-electron chi connectivity index (χ2n) is 3.05. The highest BCUT2D eigenvalue weighted by molar-refractivity contribution is 5.75. The monoisotopic (exact) mass is 170 g/mol. The number of hydrogen-bond acceptors (Lipinski definition) is 1. The van der Waals surface area contributed by atoms with Crippen molar-refractivity contribution in [1.29, 1.82) is 0 Å². The van der Waals surface area contributed by atoms with Gasteiger partial charge >= 0.3 is 0 Å². The Balaban J connectivity index is 2.56. The van der Waals surface area contributed by atoms with Crippen molar-refractivity contribution in [1.82, 2.24) is 9.97 Å². The topological polar surface area (TPSA) is 28.7 Å². The largest absolute Gasteiger partial charge is 0.342 e. The summed E-state index contributed by atoms with van der Waals surface area (Å²) in [6.45, 7) is 1.95. The van der Waals surface area contributed by atoms with Gasteiger partial charge in [-0.15, -0.1) is 12.3 Å². The molecule has 2 rings (SSSR count). The number of aromatic nitrogens is 2. The molecule has 0 saturated carbocycles. The Morgan fingerprint density at radius 1 is 1.54 bits per heavy atom. The van der Waals surface area contributed by atoms with E-state index in [4.69, 9.17) is 6.42 Å². The molecule has 0 aliphatic carbocycles. The van der Waals surface area contributed by atoms with Gasteiger partial charge in [-0.2, -0.15) is 0 Å². The van der Waals surface area contributed by atoms with E-state index in [0.717, 1.165) is 22.4 Å². The maximum absolute atomic E-state index is 5.23. The van der Waals surface area contributed by atoms with Gasteiger partial charge in [0.2, 0.25) is 0 Å². The number of H-pyrrole nitrogens is 1. The smallest absolute Gasteiger partial charge is 0.104 e. The molecule has 0 atom stereocenters. The van der Waals surface area contributed by atoms with Crippen molar-refractivity contribution in [2.45, 2.75) is 13.3 Å². The van der Waals surface area contributed by atoms with Crippen molar-refractivity contribution in [3.63, 3.8) is 0 Å². The van der Waals surface area contributed by atoms with E-state index in [0.29, 0.717) is 6.42 Å². The van der Waals surface area contributed by atoms with Gasteiger partial charge in [0.05, 0.1) is 11.0 Å². The van der Waals surface area contributed by atoms with Crippen LogP contribution >= 0.6 is 0 Å². The molecule has 2 heteroatoms. The van der Waals surface area contributed by atoms with Gasteiger partial charge in [-0.3, -0.25) is 0 Å². The van der Waals surface area contributed by atoms with Crippen LogP contribution in [-0.4, -0.2) is 9.97 Å². The van der Waals surface area contributed by atoms with Gasteiger partial charge in [-0.25, -0.2) is 4.98 Å². The van der Waals surface area contributed by atoms with E-state index in [-0.39, 0.29) is 0 Å². The molecule has 0 saturated heterocycles. The van der Waals surface area contributed by atoms with Crippen molar-refractivity contribution in [3.05, 3.63) is 29.6 Å². The van der Waals surface area contributed by atoms with Gasteiger partial charge < -0.3 is 4.98 Å². The third kappa shape index (κ3) is 1.41. The number of benzene rings is 1. The van der Waals surface area contributed by atoms with E-state index in [1.165, 1.54) is 0 Å². The van der Waals surface area contributed by atoms with E-state index in [1.807, 2.05) is 25.1 Å². The third-order valence-electron chi connectivity index (χ3n) is 1.97. The molecule has 0 bridgehead atoms. The van der Waals surface area contributed by atoms with E-state index in [2.05, 4.69) is 15.9 Å². The summed E-state index contributed by atoms with van der Waals surface area (Å²) in [5.74, 6) is 3.56. The summed E-state index contributed by atoms with van der Waals surface area (Å²) in [5, 5.41) is 0. The Labute approximate surface area is 77.0 Å². The van der Waals surface area contributed by atoms with E-state index in [9.17, 15) is 0 Å². The number of nitrogens with one attached hydrogen (secondary N) is 1. The lowest BCUT2D eigenvalue weighted by atomic mass is 10.1. The summed E-state index contributed by atoms with van der Waals surface area (Å²) in [6.07, 6.45) is 5.90. The molecule has 0 fully saturated rings. The number of terminal acetylenes is 1. The quantitative estimate of drug-likeness (QED) is 0.652. The van der Waals surface area contributed by atoms with Crippen LogP contribution in [0, 0.1) is 19.3 Å². The molecule has 0 aliphatic heterocycles. The lowest BCUT2D eigenvalue weighted by Crippen LogP contribution is -1.80. The fourth-order valence-electron chi connectivity index (χ4n) is 1.41. The summed E-state index contributed by atoms with van der Waals surface area (Å²) in [7, 11) is 0. The van der Waals surface area contributed by atoms with Crippen LogP contribution in [0.5, 0.6) is 0 Å². The predicted octanol–water partition coefficient (Wildman–Crippen LogP) is 2.05. The zero-order valence-corrected chi connectivity index (χ0v) is 7.46. The van der Waals surface area contributed by atoms with Crippen molar-refractivity contribution < 1.29 is 0 Å². The van der Waals surface area contributed by atoms with Crippen LogP contribution in [0.1, 0.15) is 11.4 Å². The Hall–Kier alpha value is -1.75. The second kappa shape index (κ2) is 2.95. The maximum Gasteiger partial charge on any atom is 0.104 e. The van der Waals surface area contributed by atoms with Gasteiger partial charge in [0.1, 0.15) is 5.82 Å². The SMILES string of the molecule is C#CCc1ccc2[nH]c(C)nc2c1. The molecule has 1 N–H and O–H groups in total. The first kappa shape index (κ1) is 7.88. The van der Waals surface area contributed by atoms with E-state index < -0.39 is 0 Å². The van der Waals surface area contributed by atoms with Crippen LogP contribution in [0.4, 0.5) is 0 Å². The van der Waals surface area contributed by atoms with Crippen molar-refractivity contribution in [2.75, 3.05) is 0 Å². The van der Waals surface area contributed by atoms with Gasteiger partial charge in [-0.05, 0) is 24.6 Å². The van der Waals surface area contributed by atoms with E-state index >= 15 is 0 Å². The molecule has 0 unspecified atom stereocenters. The molecule has 0 amide bonds. The van der Waals surface area contributed by atoms with Gasteiger partial charge in [0, 0.05) is 6.42 Å². The molecule has 2 nitrogen and oxygen atoms in total. The standard InChI is InChI=1S/C11H10N2/c1-3-4-9-5-6-10-11(7-9)13-8(2)12-10/h1,5-7H,4H2,2H3,(H,12,13). The lowest BCUT2D eigenvalue weighted by Gasteiger charge is -1.93. The average molecular weight is 170 g/mol. The van der Waals surface area contributed by atoms with Gasteiger partial charge in [0.15, 0.2) is 0 Å². The van der Waals surface area contributed by atoms with Crippen LogP contribution in [-0.2, 0) is 6.42 Å². The summed E-state index contributed by atoms with van der Waals surface area (Å²) in [5.41, 5.74) is 3.20. The number of aryl methyl sites for hydroxylation is 1. The first-order valence-electron chi connectivity index (χ1n) is 4.18. The molecule has 64 valence electrons. The third-order valence-corrected chi connectivity index (χ3v) is 1.97. The molecule has 2 aromatic rings. The molecule has 13 heavy (non-hydrogen) atoms. The number of rotatable bonds is 1. The predicted molar refractivity (Wildman–Crippen MR) is 53.4 cm³/mol. The number of imidazole rings is 1. The van der Waals surface area contributed by atoms with Crippen LogP contribution in [0.2, 0.25) is 0 Å². The molecule has 0 spiro atoms. The summed E-state index contributed by atoms with van der Waals surface area (Å²) in [6, 6.07) is 6.07. The van der Waals surface area contributed by atoms with Crippen LogP contribution in [0.3, 0.4) is 0 Å². The number of aromatic amines is 1. The maximum atomic E-state index is 5.23. The van der Waals surface area contributed by atoms with Gasteiger partial charge in [-0.1, -0.05) is 6.07 Å². The number of nitrogens with zero attached hydrogens (tertiary/aromatic N) is 1. The van der Waals surface area contributed by atoms with Gasteiger partial charge in [0.25, 0.3) is 0 Å². The second-order valence-corrected chi connectivity index (χ2v) is 3.05. The molecule has 1 heterocycles. The number of fused-ring (bicyclic) bond motifs is 1. The Morgan fingerprint density at radius 3 is 3.15 bits per heavy atom. The molecule has 1 aromatic carbocycles. The number of hydrogen-bond donors (Lipinski definition) is 1. The normalized spacial score (nSPS) is 10.2. The van der Waals surface area contributed by atoms with Crippen molar-refractivity contribution in [3.8, 4) is 12.3 Å². The molecular formula is C11H10N2. The summed E-state index contributed by atoms with van der Waals surface area (Å²) in [4.78, 5) is 7.50. The fraction of sp³-hybridized carbons (Fsp3) is 0.182. The highest BCUT2D eigenvalue weighted by Gasteiger charge is 1.99. The van der Waals surface area contributed by atoms with Crippen molar-refractivity contribution >= 4 is 11.0 Å². The minimum absolute atomic E-state index is 0.668. The molecular weight excluding hydrogens is 160 g/mol. The highest BCUT2D eigenvalue weighted by Crippen LogP contribution is 2.13. The fourth-order valence-corrected chi connectivity index (χ4v) is 1.41. The zero-order chi connectivity index (χ0) is 9.26. The van der Waals surface area contributed by atoms with E-state index in [1.54, 1.807) is 0 Å². The Bertz CT molecular complexity index is 474. The minimum atomic E-state index is 0.668. The van der Waals surface area contributed by atoms with Crippen LogP contribution < -0.4 is 0 Å². The molecule has 1 aromatic heterocycles. The molecule has 0 radical (unpaired) electrons. The van der Waals surface area contributed by atoms with Crippen LogP contribution in [0.25, 0.3) is 11.0 Å². The Morgan fingerprint density at radius 2 is 2.38 bits per heavy atom. The molecule has 0 aliphatic rings. The average Bonchev–Trinajstić information content (AvgIpc) is 2.44. The summed E-state index contributed by atoms with van der Waals surface area (Å²) >= 11 is 0. The Kier molecular flexibility index (Phi) is 1.79. The highest BCUT2D eigenvalue weighted by atomic mass is 14.9. The van der Waals surface area contributed by atoms with Crippen molar-refractivity contribution in [2.24, 2.45) is 0 Å². The lowest BCUT2D eigenvalue weighted by molar-refractivity contribution is 1.17. The first-order valence-corrected chi connectivity index (χ1v) is 4.18.